The van der Waals surface area contributed by atoms with E-state index in [9.17, 15) is 9.59 Å². The molecule has 1 amide bonds. The minimum absolute atomic E-state index is 0.0992. The van der Waals surface area contributed by atoms with Crippen molar-refractivity contribution in [3.8, 4) is 0 Å². The number of aryl methyl sites for hydroxylation is 1. The molecule has 0 radical (unpaired) electrons. The summed E-state index contributed by atoms with van der Waals surface area (Å²) in [6, 6.07) is 6.29. The number of carbonyl (C=O) groups is 2. The number of H-pyrrole nitrogens is 1. The van der Waals surface area contributed by atoms with Crippen molar-refractivity contribution >= 4 is 28.5 Å². The molecule has 0 saturated carbocycles. The number of aromatic amines is 1. The number of amides is 1. The maximum absolute atomic E-state index is 12.7. The number of piperidine rings is 1. The summed E-state index contributed by atoms with van der Waals surface area (Å²) < 4.78 is 4.87. The van der Waals surface area contributed by atoms with Crippen LogP contribution in [-0.4, -0.2) is 48.0 Å². The fraction of sp³-hybridized carbons (Fsp3) is 0.500. The van der Waals surface area contributed by atoms with Crippen molar-refractivity contribution < 1.29 is 14.3 Å². The highest BCUT2D eigenvalue weighted by Crippen LogP contribution is 2.29. The van der Waals surface area contributed by atoms with E-state index in [1.165, 1.54) is 13.5 Å². The number of methoxy groups -OCH3 is 1. The largest absolute Gasteiger partial charge is 0.464 e. The number of esters is 1. The topological polar surface area (TPSA) is 74.4 Å². The van der Waals surface area contributed by atoms with Gasteiger partial charge in [0.2, 0.25) is 5.91 Å². The van der Waals surface area contributed by atoms with E-state index >= 15 is 0 Å². The number of anilines is 1. The lowest BCUT2D eigenvalue weighted by molar-refractivity contribution is -0.118. The van der Waals surface area contributed by atoms with E-state index in [1.54, 1.807) is 0 Å². The zero-order chi connectivity index (χ0) is 18.7. The van der Waals surface area contributed by atoms with E-state index in [0.29, 0.717) is 18.3 Å². The first-order valence-corrected chi connectivity index (χ1v) is 9.28. The van der Waals surface area contributed by atoms with Crippen molar-refractivity contribution in [2.75, 3.05) is 25.5 Å². The molecule has 26 heavy (non-hydrogen) atoms. The van der Waals surface area contributed by atoms with Crippen molar-refractivity contribution in [1.82, 2.24) is 9.88 Å². The lowest BCUT2D eigenvalue weighted by atomic mass is 10.00. The van der Waals surface area contributed by atoms with E-state index in [1.807, 2.05) is 25.1 Å². The quantitative estimate of drug-likeness (QED) is 0.804. The number of hydrogen-bond acceptors (Lipinski definition) is 4. The van der Waals surface area contributed by atoms with Crippen LogP contribution in [0, 0.1) is 6.92 Å². The average Bonchev–Trinajstić information content (AvgIpc) is 2.99. The van der Waals surface area contributed by atoms with Crippen LogP contribution in [0.5, 0.6) is 0 Å². The number of fused-ring (bicyclic) bond motifs is 1. The van der Waals surface area contributed by atoms with E-state index in [0.717, 1.165) is 42.3 Å². The Morgan fingerprint density at radius 3 is 2.88 bits per heavy atom. The summed E-state index contributed by atoms with van der Waals surface area (Å²) >= 11 is 0. The van der Waals surface area contributed by atoms with Gasteiger partial charge in [-0.25, -0.2) is 4.79 Å². The van der Waals surface area contributed by atoms with E-state index in [-0.39, 0.29) is 11.6 Å². The normalized spacial score (nSPS) is 18.0. The highest BCUT2D eigenvalue weighted by Gasteiger charge is 2.25. The van der Waals surface area contributed by atoms with Crippen LogP contribution < -0.4 is 5.32 Å². The molecular weight excluding hydrogens is 330 g/mol. The van der Waals surface area contributed by atoms with E-state index < -0.39 is 5.97 Å². The summed E-state index contributed by atoms with van der Waals surface area (Å²) in [6.45, 7) is 5.44. The Morgan fingerprint density at radius 2 is 2.15 bits per heavy atom. The van der Waals surface area contributed by atoms with Gasteiger partial charge in [-0.05, 0) is 44.9 Å². The molecule has 1 aromatic carbocycles. The first-order valence-electron chi connectivity index (χ1n) is 9.28. The van der Waals surface area contributed by atoms with Crippen LogP contribution in [0.2, 0.25) is 0 Å². The smallest absolute Gasteiger partial charge is 0.356 e. The first kappa shape index (κ1) is 18.5. The molecule has 3 rings (SSSR count). The van der Waals surface area contributed by atoms with Crippen molar-refractivity contribution in [3.63, 3.8) is 0 Å². The molecule has 2 aromatic rings. The van der Waals surface area contributed by atoms with Gasteiger partial charge in [0, 0.05) is 16.9 Å². The van der Waals surface area contributed by atoms with Crippen molar-refractivity contribution in [2.24, 2.45) is 0 Å². The van der Waals surface area contributed by atoms with Gasteiger partial charge in [-0.3, -0.25) is 9.69 Å². The first-order chi connectivity index (χ1) is 12.5. The summed E-state index contributed by atoms with van der Waals surface area (Å²) in [7, 11) is 1.34. The Labute approximate surface area is 153 Å². The van der Waals surface area contributed by atoms with Gasteiger partial charge in [-0.15, -0.1) is 0 Å². The molecule has 140 valence electrons. The number of rotatable bonds is 5. The van der Waals surface area contributed by atoms with Gasteiger partial charge in [0.1, 0.15) is 5.69 Å². The second-order valence-corrected chi connectivity index (χ2v) is 6.99. The summed E-state index contributed by atoms with van der Waals surface area (Å²) in [4.78, 5) is 30.2. The third kappa shape index (κ3) is 3.75. The van der Waals surface area contributed by atoms with Gasteiger partial charge >= 0.3 is 5.97 Å². The number of aromatic nitrogens is 1. The molecule has 1 aliphatic rings. The number of carbonyl (C=O) groups excluding carboxylic acids is 2. The van der Waals surface area contributed by atoms with Crippen molar-refractivity contribution in [2.45, 2.75) is 45.6 Å². The number of nitrogens with zero attached hydrogens (tertiary/aromatic N) is 1. The van der Waals surface area contributed by atoms with Crippen LogP contribution >= 0.6 is 0 Å². The summed E-state index contributed by atoms with van der Waals surface area (Å²) in [5.41, 5.74) is 2.65. The second kappa shape index (κ2) is 7.91. The molecule has 0 spiro atoms. The minimum atomic E-state index is -0.487. The fourth-order valence-electron chi connectivity index (χ4n) is 3.78. The Kier molecular flexibility index (Phi) is 5.61. The van der Waals surface area contributed by atoms with E-state index in [2.05, 4.69) is 22.1 Å². The molecular formula is C20H27N3O3. The average molecular weight is 357 g/mol. The highest BCUT2D eigenvalue weighted by atomic mass is 16.5. The summed E-state index contributed by atoms with van der Waals surface area (Å²) in [5.74, 6) is -0.587. The molecule has 2 heterocycles. The molecule has 6 nitrogen and oxygen atoms in total. The van der Waals surface area contributed by atoms with Crippen molar-refractivity contribution in [3.05, 3.63) is 29.5 Å². The predicted molar refractivity (Wildman–Crippen MR) is 103 cm³/mol. The molecule has 0 bridgehead atoms. The van der Waals surface area contributed by atoms with Gasteiger partial charge in [-0.1, -0.05) is 25.0 Å². The SMILES string of the molecule is CC[C@@H]1CCCCN1CC(=O)Nc1c(C(=O)OC)[nH]c2ccc(C)cc12. The van der Waals surface area contributed by atoms with Crippen LogP contribution in [0.15, 0.2) is 18.2 Å². The molecule has 1 atom stereocenters. The molecule has 1 aromatic heterocycles. The molecule has 6 heteroatoms. The van der Waals surface area contributed by atoms with Crippen LogP contribution in [0.3, 0.4) is 0 Å². The van der Waals surface area contributed by atoms with Gasteiger partial charge in [0.15, 0.2) is 0 Å². The zero-order valence-corrected chi connectivity index (χ0v) is 15.7. The molecule has 1 saturated heterocycles. The lowest BCUT2D eigenvalue weighted by Gasteiger charge is -2.34. The second-order valence-electron chi connectivity index (χ2n) is 6.99. The van der Waals surface area contributed by atoms with E-state index in [4.69, 9.17) is 4.74 Å². The van der Waals surface area contributed by atoms with Crippen molar-refractivity contribution in [1.29, 1.82) is 0 Å². The number of likely N-dealkylation sites (tertiary alicyclic amines) is 1. The number of benzene rings is 1. The van der Waals surface area contributed by atoms with Crippen LogP contribution in [-0.2, 0) is 9.53 Å². The van der Waals surface area contributed by atoms with Gasteiger partial charge in [0.05, 0.1) is 19.3 Å². The van der Waals surface area contributed by atoms with Crippen LogP contribution in [0.25, 0.3) is 10.9 Å². The van der Waals surface area contributed by atoms with Crippen LogP contribution in [0.4, 0.5) is 5.69 Å². The summed E-state index contributed by atoms with van der Waals surface area (Å²) in [5, 5.41) is 3.78. The number of hydrogen-bond donors (Lipinski definition) is 2. The Morgan fingerprint density at radius 1 is 1.35 bits per heavy atom. The third-order valence-electron chi connectivity index (χ3n) is 5.18. The van der Waals surface area contributed by atoms with Gasteiger partial charge in [-0.2, -0.15) is 0 Å². The summed E-state index contributed by atoms with van der Waals surface area (Å²) in [6.07, 6.45) is 4.55. The van der Waals surface area contributed by atoms with Gasteiger partial charge < -0.3 is 15.0 Å². The third-order valence-corrected chi connectivity index (χ3v) is 5.18. The molecule has 0 unspecified atom stereocenters. The minimum Gasteiger partial charge on any atom is -0.464 e. The molecule has 1 fully saturated rings. The molecule has 1 aliphatic heterocycles. The lowest BCUT2D eigenvalue weighted by Crippen LogP contribution is -2.43. The Balaban J connectivity index is 1.85. The molecule has 2 N–H and O–H groups in total. The number of ether oxygens (including phenoxy) is 1. The fourth-order valence-corrected chi connectivity index (χ4v) is 3.78. The Bertz CT molecular complexity index is 812. The monoisotopic (exact) mass is 357 g/mol. The standard InChI is InChI=1S/C20H27N3O3/c1-4-14-7-5-6-10-23(14)12-17(24)22-18-15-11-13(2)8-9-16(15)21-19(18)20(25)26-3/h8-9,11,14,21H,4-7,10,12H2,1-3H3,(H,22,24)/t14-/m1/s1. The zero-order valence-electron chi connectivity index (χ0n) is 15.7. The molecule has 0 aliphatic carbocycles. The highest BCUT2D eigenvalue weighted by molar-refractivity contribution is 6.11. The van der Waals surface area contributed by atoms with Crippen LogP contribution in [0.1, 0.15) is 48.7 Å². The maximum Gasteiger partial charge on any atom is 0.356 e. The predicted octanol–water partition coefficient (Wildman–Crippen LogP) is 3.47. The maximum atomic E-state index is 12.7. The number of nitrogens with one attached hydrogen (secondary N) is 2. The van der Waals surface area contributed by atoms with Gasteiger partial charge in [0.25, 0.3) is 0 Å². The Hall–Kier alpha value is -2.34.